The van der Waals surface area contributed by atoms with Gasteiger partial charge in [0.15, 0.2) is 0 Å². The fraction of sp³-hybridized carbons (Fsp3) is 0.615. The van der Waals surface area contributed by atoms with Crippen LogP contribution in [0.2, 0.25) is 0 Å². The van der Waals surface area contributed by atoms with Crippen LogP contribution in [0, 0.1) is 34.5 Å². The Hall–Kier alpha value is -2.10. The molecule has 7 atom stereocenters. The first kappa shape index (κ1) is 19.8. The molecule has 5 rings (SSSR count). The summed E-state index contributed by atoms with van der Waals surface area (Å²) in [5, 5.41) is 3.23. The molecule has 4 nitrogen and oxygen atoms in total. The number of benzene rings is 1. The van der Waals surface area contributed by atoms with Crippen LogP contribution in [0.1, 0.15) is 52.4 Å². The van der Waals surface area contributed by atoms with Crippen LogP contribution in [-0.4, -0.2) is 29.8 Å². The van der Waals surface area contributed by atoms with Crippen molar-refractivity contribution >= 4 is 17.5 Å². The highest BCUT2D eigenvalue weighted by Gasteiger charge is 2.62. The van der Waals surface area contributed by atoms with Gasteiger partial charge in [0, 0.05) is 30.1 Å². The lowest BCUT2D eigenvalue weighted by Gasteiger charge is -2.61. The fourth-order valence-electron chi connectivity index (χ4n) is 7.95. The number of anilines is 1. The Labute approximate surface area is 180 Å². The monoisotopic (exact) mass is 406 g/mol. The largest absolute Gasteiger partial charge is 0.338 e. The fourth-order valence-corrected chi connectivity index (χ4v) is 7.95. The third-order valence-electron chi connectivity index (χ3n) is 9.24. The van der Waals surface area contributed by atoms with Gasteiger partial charge in [0.25, 0.3) is 0 Å². The number of hydrogen-bond donors (Lipinski definition) is 1. The van der Waals surface area contributed by atoms with Crippen LogP contribution in [0.5, 0.6) is 0 Å². The maximum Gasteiger partial charge on any atom is 0.246 e. The lowest BCUT2D eigenvalue weighted by Crippen LogP contribution is -2.62. The number of nitrogens with zero attached hydrogens (tertiary/aromatic N) is 1. The Kier molecular flexibility index (Phi) is 4.61. The SMILES string of the molecule is CN1C(=O)C=C[C@@]2(C)C1CC[C@@H]1[C@H]2C(C(=O)Nc2ccccc2)C[C@]2(C)CCC[C@@H]12. The summed E-state index contributed by atoms with van der Waals surface area (Å²) in [5.41, 5.74) is 0.999. The molecule has 1 N–H and O–H groups in total. The summed E-state index contributed by atoms with van der Waals surface area (Å²) in [4.78, 5) is 28.0. The Morgan fingerprint density at radius 2 is 1.90 bits per heavy atom. The molecule has 0 spiro atoms. The molecule has 3 aliphatic carbocycles. The first-order valence-corrected chi connectivity index (χ1v) is 11.7. The number of rotatable bonds is 2. The highest BCUT2D eigenvalue weighted by Crippen LogP contribution is 2.65. The van der Waals surface area contributed by atoms with E-state index in [1.54, 1.807) is 6.08 Å². The molecule has 3 fully saturated rings. The number of amides is 2. The standard InChI is InChI=1S/C26H34N2O2/c1-25-14-7-10-20(25)18-11-12-21-26(2,15-13-22(29)28(21)3)23(18)19(16-25)24(30)27-17-8-5-4-6-9-17/h4-6,8-9,13,15,18-21,23H,7,10-12,14,16H2,1-3H3,(H,27,30)/t18-,19?,20-,21?,23-,25-,26-/m0/s1. The minimum Gasteiger partial charge on any atom is -0.338 e. The summed E-state index contributed by atoms with van der Waals surface area (Å²) >= 11 is 0. The van der Waals surface area contributed by atoms with Crippen LogP contribution < -0.4 is 5.32 Å². The molecule has 0 aromatic heterocycles. The highest BCUT2D eigenvalue weighted by molar-refractivity contribution is 5.93. The van der Waals surface area contributed by atoms with Crippen molar-refractivity contribution in [2.75, 3.05) is 12.4 Å². The molecule has 0 bridgehead atoms. The van der Waals surface area contributed by atoms with Crippen LogP contribution in [0.25, 0.3) is 0 Å². The van der Waals surface area contributed by atoms with E-state index in [0.29, 0.717) is 11.8 Å². The van der Waals surface area contributed by atoms with Crippen molar-refractivity contribution in [3.63, 3.8) is 0 Å². The van der Waals surface area contributed by atoms with Crippen molar-refractivity contribution in [2.45, 2.75) is 58.4 Å². The molecule has 4 aliphatic rings. The summed E-state index contributed by atoms with van der Waals surface area (Å²) < 4.78 is 0. The molecule has 1 aliphatic heterocycles. The molecule has 1 aromatic carbocycles. The maximum atomic E-state index is 13.7. The predicted molar refractivity (Wildman–Crippen MR) is 119 cm³/mol. The van der Waals surface area contributed by atoms with Gasteiger partial charge < -0.3 is 10.2 Å². The smallest absolute Gasteiger partial charge is 0.246 e. The number of likely N-dealkylation sites (N-methyl/N-ethyl adjacent to an activating group) is 1. The van der Waals surface area contributed by atoms with Crippen LogP contribution in [0.4, 0.5) is 5.69 Å². The number of hydrogen-bond acceptors (Lipinski definition) is 2. The zero-order valence-electron chi connectivity index (χ0n) is 18.4. The number of carbonyl (C=O) groups excluding carboxylic acids is 2. The topological polar surface area (TPSA) is 49.4 Å². The Morgan fingerprint density at radius 3 is 2.67 bits per heavy atom. The Morgan fingerprint density at radius 1 is 1.13 bits per heavy atom. The number of fused-ring (bicyclic) bond motifs is 5. The molecular weight excluding hydrogens is 372 g/mol. The predicted octanol–water partition coefficient (Wildman–Crippen LogP) is 4.88. The lowest BCUT2D eigenvalue weighted by molar-refractivity contribution is -0.151. The number of carbonyl (C=O) groups is 2. The quantitative estimate of drug-likeness (QED) is 0.761. The summed E-state index contributed by atoms with van der Waals surface area (Å²) in [7, 11) is 1.94. The molecule has 2 unspecified atom stereocenters. The third-order valence-corrected chi connectivity index (χ3v) is 9.24. The van der Waals surface area contributed by atoms with Crippen molar-refractivity contribution in [1.29, 1.82) is 0 Å². The van der Waals surface area contributed by atoms with Gasteiger partial charge in [-0.25, -0.2) is 0 Å². The molecule has 1 heterocycles. The van der Waals surface area contributed by atoms with Gasteiger partial charge in [-0.2, -0.15) is 0 Å². The van der Waals surface area contributed by atoms with Gasteiger partial charge in [-0.3, -0.25) is 9.59 Å². The van der Waals surface area contributed by atoms with E-state index in [2.05, 4.69) is 25.2 Å². The van der Waals surface area contributed by atoms with E-state index in [-0.39, 0.29) is 40.5 Å². The summed E-state index contributed by atoms with van der Waals surface area (Å²) in [6.45, 7) is 4.75. The molecule has 3 saturated carbocycles. The van der Waals surface area contributed by atoms with E-state index in [1.807, 2.05) is 42.3 Å². The van der Waals surface area contributed by atoms with Crippen LogP contribution in [-0.2, 0) is 9.59 Å². The average molecular weight is 407 g/mol. The van der Waals surface area contributed by atoms with Crippen molar-refractivity contribution in [1.82, 2.24) is 4.90 Å². The van der Waals surface area contributed by atoms with Gasteiger partial charge in [-0.05, 0) is 73.5 Å². The van der Waals surface area contributed by atoms with Crippen molar-refractivity contribution in [2.24, 2.45) is 34.5 Å². The van der Waals surface area contributed by atoms with Gasteiger partial charge in [0.05, 0.1) is 0 Å². The molecule has 0 radical (unpaired) electrons. The molecule has 0 saturated heterocycles. The van der Waals surface area contributed by atoms with Gasteiger partial charge in [0.2, 0.25) is 11.8 Å². The molecule has 1 aromatic rings. The summed E-state index contributed by atoms with van der Waals surface area (Å²) in [6.07, 6.45) is 10.9. The number of nitrogens with one attached hydrogen (secondary N) is 1. The van der Waals surface area contributed by atoms with Gasteiger partial charge in [-0.1, -0.05) is 44.5 Å². The Balaban J connectivity index is 1.55. The summed E-state index contributed by atoms with van der Waals surface area (Å²) in [5.74, 6) is 1.79. The maximum absolute atomic E-state index is 13.7. The lowest BCUT2D eigenvalue weighted by atomic mass is 9.45. The van der Waals surface area contributed by atoms with Crippen molar-refractivity contribution in [3.05, 3.63) is 42.5 Å². The normalized spacial score (nSPS) is 42.3. The summed E-state index contributed by atoms with van der Waals surface area (Å²) in [6, 6.07) is 10.0. The highest BCUT2D eigenvalue weighted by atomic mass is 16.2. The van der Waals surface area contributed by atoms with Gasteiger partial charge in [-0.15, -0.1) is 0 Å². The van der Waals surface area contributed by atoms with E-state index < -0.39 is 0 Å². The zero-order valence-corrected chi connectivity index (χ0v) is 18.4. The minimum absolute atomic E-state index is 0.0198. The van der Waals surface area contributed by atoms with E-state index >= 15 is 0 Å². The molecule has 30 heavy (non-hydrogen) atoms. The first-order chi connectivity index (χ1) is 14.3. The second-order valence-corrected chi connectivity index (χ2v) is 10.7. The van der Waals surface area contributed by atoms with E-state index in [9.17, 15) is 9.59 Å². The van der Waals surface area contributed by atoms with E-state index in [1.165, 1.54) is 19.3 Å². The molecule has 2 amide bonds. The van der Waals surface area contributed by atoms with Crippen LogP contribution >= 0.6 is 0 Å². The van der Waals surface area contributed by atoms with E-state index in [4.69, 9.17) is 0 Å². The second-order valence-electron chi connectivity index (χ2n) is 10.7. The van der Waals surface area contributed by atoms with Gasteiger partial charge in [0.1, 0.15) is 0 Å². The van der Waals surface area contributed by atoms with Crippen molar-refractivity contribution < 1.29 is 9.59 Å². The van der Waals surface area contributed by atoms with Crippen molar-refractivity contribution in [3.8, 4) is 0 Å². The molecule has 160 valence electrons. The van der Waals surface area contributed by atoms with Gasteiger partial charge >= 0.3 is 0 Å². The molecular formula is C26H34N2O2. The zero-order chi connectivity index (χ0) is 21.1. The van der Waals surface area contributed by atoms with E-state index in [0.717, 1.165) is 24.9 Å². The van der Waals surface area contributed by atoms with Crippen LogP contribution in [0.3, 0.4) is 0 Å². The number of para-hydroxylation sites is 1. The second kappa shape index (κ2) is 6.96. The Bertz CT molecular complexity index is 880. The third kappa shape index (κ3) is 2.86. The minimum atomic E-state index is -0.145. The molecule has 4 heteroatoms. The average Bonchev–Trinajstić information content (AvgIpc) is 3.13. The first-order valence-electron chi connectivity index (χ1n) is 11.7. The van der Waals surface area contributed by atoms with Crippen LogP contribution in [0.15, 0.2) is 42.5 Å².